The van der Waals surface area contributed by atoms with E-state index in [2.05, 4.69) is 11.3 Å². The van der Waals surface area contributed by atoms with Gasteiger partial charge in [0.05, 0.1) is 12.2 Å². The fourth-order valence-corrected chi connectivity index (χ4v) is 0.760. The van der Waals surface area contributed by atoms with Crippen molar-refractivity contribution in [1.82, 2.24) is 0 Å². The molecule has 0 aromatic rings. The van der Waals surface area contributed by atoms with Gasteiger partial charge in [-0.2, -0.15) is 0 Å². The molecule has 1 fully saturated rings. The number of esters is 1. The van der Waals surface area contributed by atoms with Crippen molar-refractivity contribution >= 4 is 5.97 Å². The van der Waals surface area contributed by atoms with Gasteiger partial charge in [-0.1, -0.05) is 6.58 Å². The Kier molecular flexibility index (Phi) is 1.74. The topological polar surface area (TPSA) is 66.8 Å². The van der Waals surface area contributed by atoms with Crippen LogP contribution in [0.15, 0.2) is 12.2 Å². The molecule has 0 aromatic heterocycles. The van der Waals surface area contributed by atoms with E-state index in [1.807, 2.05) is 0 Å². The minimum atomic E-state index is -1.04. The SMILES string of the molecule is C=C1C(=O)O[C@H](CO)[C@H]1O. The number of rotatable bonds is 1. The Hall–Kier alpha value is -0.870. The number of aliphatic hydroxyl groups excluding tert-OH is 2. The molecule has 1 aliphatic rings. The standard InChI is InChI=1S/C6H8O4/c1-3-5(8)4(2-7)10-6(3)9/h4-5,7-8H,1-2H2/t4-,5+/m1/s1. The molecule has 1 heterocycles. The third-order valence-corrected chi connectivity index (χ3v) is 1.41. The molecule has 2 N–H and O–H groups in total. The number of hydrogen-bond acceptors (Lipinski definition) is 4. The summed E-state index contributed by atoms with van der Waals surface area (Å²) in [6.45, 7) is 2.91. The number of carbonyl (C=O) groups excluding carboxylic acids is 1. The fraction of sp³-hybridized carbons (Fsp3) is 0.500. The van der Waals surface area contributed by atoms with Crippen LogP contribution in [0.5, 0.6) is 0 Å². The smallest absolute Gasteiger partial charge is 0.336 e. The van der Waals surface area contributed by atoms with Crippen molar-refractivity contribution in [3.8, 4) is 0 Å². The highest BCUT2D eigenvalue weighted by Crippen LogP contribution is 2.18. The quantitative estimate of drug-likeness (QED) is 0.359. The monoisotopic (exact) mass is 144 g/mol. The summed E-state index contributed by atoms with van der Waals surface area (Å²) >= 11 is 0. The predicted octanol–water partition coefficient (Wildman–Crippen LogP) is -1.18. The fourth-order valence-electron chi connectivity index (χ4n) is 0.760. The second-order valence-corrected chi connectivity index (χ2v) is 2.10. The lowest BCUT2D eigenvalue weighted by molar-refractivity contribution is -0.141. The first-order valence-electron chi connectivity index (χ1n) is 2.85. The lowest BCUT2D eigenvalue weighted by Crippen LogP contribution is -2.25. The van der Waals surface area contributed by atoms with Crippen molar-refractivity contribution < 1.29 is 19.7 Å². The van der Waals surface area contributed by atoms with Crippen molar-refractivity contribution in [2.45, 2.75) is 12.2 Å². The van der Waals surface area contributed by atoms with Crippen LogP contribution in [-0.4, -0.2) is 35.0 Å². The summed E-state index contributed by atoms with van der Waals surface area (Å²) in [5.41, 5.74) is 0.0130. The van der Waals surface area contributed by atoms with E-state index in [-0.39, 0.29) is 12.2 Å². The van der Waals surface area contributed by atoms with Crippen LogP contribution < -0.4 is 0 Å². The van der Waals surface area contributed by atoms with Crippen molar-refractivity contribution in [1.29, 1.82) is 0 Å². The number of hydrogen-bond donors (Lipinski definition) is 2. The first kappa shape index (κ1) is 7.24. The molecule has 1 rings (SSSR count). The highest BCUT2D eigenvalue weighted by atomic mass is 16.6. The van der Waals surface area contributed by atoms with Crippen LogP contribution in [0.25, 0.3) is 0 Å². The lowest BCUT2D eigenvalue weighted by atomic mass is 10.1. The van der Waals surface area contributed by atoms with E-state index >= 15 is 0 Å². The predicted molar refractivity (Wildman–Crippen MR) is 32.1 cm³/mol. The van der Waals surface area contributed by atoms with Crippen molar-refractivity contribution in [3.63, 3.8) is 0 Å². The minimum Gasteiger partial charge on any atom is -0.453 e. The molecule has 56 valence electrons. The Morgan fingerprint density at radius 2 is 2.30 bits per heavy atom. The third kappa shape index (κ3) is 0.913. The van der Waals surface area contributed by atoms with Gasteiger partial charge in [0.25, 0.3) is 0 Å². The zero-order valence-electron chi connectivity index (χ0n) is 5.28. The van der Waals surface area contributed by atoms with Gasteiger partial charge in [0.1, 0.15) is 6.10 Å². The highest BCUT2D eigenvalue weighted by molar-refractivity contribution is 5.91. The van der Waals surface area contributed by atoms with Crippen molar-refractivity contribution in [3.05, 3.63) is 12.2 Å². The second-order valence-electron chi connectivity index (χ2n) is 2.10. The van der Waals surface area contributed by atoms with Gasteiger partial charge in [-0.15, -0.1) is 0 Å². The molecule has 0 aliphatic carbocycles. The first-order chi connectivity index (χ1) is 4.66. The maximum absolute atomic E-state index is 10.6. The van der Waals surface area contributed by atoms with Crippen LogP contribution in [0.3, 0.4) is 0 Å². The van der Waals surface area contributed by atoms with Gasteiger partial charge in [-0.25, -0.2) is 4.79 Å². The second kappa shape index (κ2) is 2.40. The molecule has 2 atom stereocenters. The number of carbonyl (C=O) groups is 1. The Bertz CT molecular complexity index is 175. The lowest BCUT2D eigenvalue weighted by Gasteiger charge is -2.07. The molecule has 1 aliphatic heterocycles. The maximum Gasteiger partial charge on any atom is 0.336 e. The van der Waals surface area contributed by atoms with E-state index in [4.69, 9.17) is 10.2 Å². The van der Waals surface area contributed by atoms with Crippen LogP contribution in [0, 0.1) is 0 Å². The van der Waals surface area contributed by atoms with Gasteiger partial charge >= 0.3 is 5.97 Å². The van der Waals surface area contributed by atoms with Gasteiger partial charge in [-0.3, -0.25) is 0 Å². The molecule has 1 saturated heterocycles. The zero-order valence-corrected chi connectivity index (χ0v) is 5.28. The third-order valence-electron chi connectivity index (χ3n) is 1.41. The summed E-state index contributed by atoms with van der Waals surface area (Å²) in [5, 5.41) is 17.5. The number of ether oxygens (including phenoxy) is 1. The summed E-state index contributed by atoms with van der Waals surface area (Å²) in [6.07, 6.45) is -1.86. The van der Waals surface area contributed by atoms with Gasteiger partial charge in [0.15, 0.2) is 6.10 Å². The number of aliphatic hydroxyl groups is 2. The average Bonchev–Trinajstić information content (AvgIpc) is 2.17. The van der Waals surface area contributed by atoms with Crippen LogP contribution in [0.2, 0.25) is 0 Å². The van der Waals surface area contributed by atoms with Gasteiger partial charge in [0, 0.05) is 0 Å². The summed E-state index contributed by atoms with van der Waals surface area (Å²) in [4.78, 5) is 10.6. The van der Waals surface area contributed by atoms with E-state index in [9.17, 15) is 4.79 Å². The van der Waals surface area contributed by atoms with E-state index in [0.29, 0.717) is 0 Å². The largest absolute Gasteiger partial charge is 0.453 e. The molecule has 4 nitrogen and oxygen atoms in total. The molecule has 0 saturated carbocycles. The Balaban J connectivity index is 2.71. The van der Waals surface area contributed by atoms with Gasteiger partial charge in [0.2, 0.25) is 0 Å². The van der Waals surface area contributed by atoms with Gasteiger partial charge in [-0.05, 0) is 0 Å². The zero-order chi connectivity index (χ0) is 7.72. The first-order valence-corrected chi connectivity index (χ1v) is 2.85. The Morgan fingerprint density at radius 1 is 1.70 bits per heavy atom. The van der Waals surface area contributed by atoms with E-state index in [1.165, 1.54) is 0 Å². The maximum atomic E-state index is 10.6. The van der Waals surface area contributed by atoms with Crippen molar-refractivity contribution in [2.75, 3.05) is 6.61 Å². The summed E-state index contributed by atoms with van der Waals surface area (Å²) in [7, 11) is 0. The summed E-state index contributed by atoms with van der Waals surface area (Å²) in [6, 6.07) is 0. The molecule has 0 spiro atoms. The molecule has 10 heavy (non-hydrogen) atoms. The van der Waals surface area contributed by atoms with Crippen LogP contribution in [0.4, 0.5) is 0 Å². The normalized spacial score (nSPS) is 32.6. The molecule has 0 bridgehead atoms. The van der Waals surface area contributed by atoms with Crippen LogP contribution >= 0.6 is 0 Å². The molecule has 4 heteroatoms. The van der Waals surface area contributed by atoms with Crippen molar-refractivity contribution in [2.24, 2.45) is 0 Å². The van der Waals surface area contributed by atoms with E-state index in [0.717, 1.165) is 0 Å². The molecular formula is C6H8O4. The molecular weight excluding hydrogens is 136 g/mol. The van der Waals surface area contributed by atoms with E-state index in [1.54, 1.807) is 0 Å². The Labute approximate surface area is 57.7 Å². The van der Waals surface area contributed by atoms with Crippen LogP contribution in [-0.2, 0) is 9.53 Å². The minimum absolute atomic E-state index is 0.0130. The average molecular weight is 144 g/mol. The molecule has 0 aromatic carbocycles. The molecule has 0 radical (unpaired) electrons. The summed E-state index contributed by atoms with van der Waals surface area (Å²) < 4.78 is 4.50. The Morgan fingerprint density at radius 3 is 2.50 bits per heavy atom. The molecule has 0 unspecified atom stereocenters. The number of cyclic esters (lactones) is 1. The van der Waals surface area contributed by atoms with E-state index < -0.39 is 18.2 Å². The summed E-state index contributed by atoms with van der Waals surface area (Å²) in [5.74, 6) is -0.633. The van der Waals surface area contributed by atoms with Gasteiger partial charge < -0.3 is 14.9 Å². The van der Waals surface area contributed by atoms with Crippen LogP contribution in [0.1, 0.15) is 0 Å². The molecule has 0 amide bonds. The highest BCUT2D eigenvalue weighted by Gasteiger charge is 2.36.